The fourth-order valence-corrected chi connectivity index (χ4v) is 3.21. The molecule has 1 saturated carbocycles. The monoisotopic (exact) mass is 286 g/mol. The Morgan fingerprint density at radius 1 is 1.24 bits per heavy atom. The lowest BCUT2D eigenvalue weighted by atomic mass is 9.79. The highest BCUT2D eigenvalue weighted by atomic mass is 15.2. The largest absolute Gasteiger partial charge is 0.366 e. The topological polar surface area (TPSA) is 42.2 Å². The molecule has 1 N–H and O–H groups in total. The van der Waals surface area contributed by atoms with Crippen molar-refractivity contribution in [3.05, 3.63) is 24.2 Å². The van der Waals surface area contributed by atoms with Gasteiger partial charge >= 0.3 is 0 Å². The third-order valence-electron chi connectivity index (χ3n) is 4.94. The normalized spacial score (nSPS) is 26.4. The van der Waals surface area contributed by atoms with E-state index in [0.717, 1.165) is 28.9 Å². The zero-order valence-corrected chi connectivity index (χ0v) is 13.5. The lowest BCUT2D eigenvalue weighted by molar-refractivity contribution is 0.260. The van der Waals surface area contributed by atoms with Gasteiger partial charge in [-0.2, -0.15) is 5.10 Å². The minimum atomic E-state index is 0.438. The third kappa shape index (κ3) is 2.89. The van der Waals surface area contributed by atoms with Gasteiger partial charge in [0, 0.05) is 18.4 Å². The second-order valence-corrected chi connectivity index (χ2v) is 6.94. The molecule has 0 spiro atoms. The van der Waals surface area contributed by atoms with Gasteiger partial charge in [-0.3, -0.25) is 0 Å². The van der Waals surface area contributed by atoms with Crippen molar-refractivity contribution in [1.29, 1.82) is 0 Å². The van der Waals surface area contributed by atoms with E-state index < -0.39 is 0 Å². The van der Waals surface area contributed by atoms with Gasteiger partial charge in [-0.1, -0.05) is 27.7 Å². The van der Waals surface area contributed by atoms with Gasteiger partial charge in [-0.25, -0.2) is 9.50 Å². The van der Waals surface area contributed by atoms with Gasteiger partial charge < -0.3 is 5.32 Å². The molecule has 3 unspecified atom stereocenters. The molecule has 1 fully saturated rings. The standard InChI is InChI=1S/C17H26N4/c1-11(2)15-10-16-17(18-7-8-21(16)20-15)19-14-6-5-12(3)13(4)9-14/h7-8,10-14H,5-6,9H2,1-4H3,(H,18,19). The molecule has 0 aliphatic heterocycles. The number of rotatable bonds is 3. The minimum absolute atomic E-state index is 0.438. The Kier molecular flexibility index (Phi) is 3.87. The number of nitrogens with zero attached hydrogens (tertiary/aromatic N) is 3. The van der Waals surface area contributed by atoms with Gasteiger partial charge in [0.05, 0.1) is 5.69 Å². The van der Waals surface area contributed by atoms with Gasteiger partial charge in [0.1, 0.15) is 5.52 Å². The van der Waals surface area contributed by atoms with Crippen molar-refractivity contribution >= 4 is 11.3 Å². The third-order valence-corrected chi connectivity index (χ3v) is 4.94. The van der Waals surface area contributed by atoms with Crippen molar-refractivity contribution in [3.8, 4) is 0 Å². The molecular formula is C17H26N4. The zero-order valence-electron chi connectivity index (χ0n) is 13.5. The van der Waals surface area contributed by atoms with Crippen LogP contribution in [0.25, 0.3) is 5.52 Å². The lowest BCUT2D eigenvalue weighted by Crippen LogP contribution is -2.30. The van der Waals surface area contributed by atoms with Crippen molar-refractivity contribution in [2.45, 2.75) is 58.9 Å². The molecule has 1 aliphatic rings. The second kappa shape index (κ2) is 5.66. The summed E-state index contributed by atoms with van der Waals surface area (Å²) in [4.78, 5) is 4.55. The molecule has 4 nitrogen and oxygen atoms in total. The molecule has 4 heteroatoms. The number of aromatic nitrogens is 3. The summed E-state index contributed by atoms with van der Waals surface area (Å²) in [6.07, 6.45) is 7.53. The molecule has 3 atom stereocenters. The molecule has 0 radical (unpaired) electrons. The van der Waals surface area contributed by atoms with Gasteiger partial charge in [0.15, 0.2) is 5.82 Å². The summed E-state index contributed by atoms with van der Waals surface area (Å²) in [5.41, 5.74) is 2.21. The van der Waals surface area contributed by atoms with E-state index in [0.29, 0.717) is 12.0 Å². The summed E-state index contributed by atoms with van der Waals surface area (Å²) in [6.45, 7) is 9.08. The summed E-state index contributed by atoms with van der Waals surface area (Å²) in [6, 6.07) is 2.70. The highest BCUT2D eigenvalue weighted by Crippen LogP contribution is 2.31. The minimum Gasteiger partial charge on any atom is -0.366 e. The quantitative estimate of drug-likeness (QED) is 0.924. The van der Waals surface area contributed by atoms with E-state index in [-0.39, 0.29) is 0 Å². The number of fused-ring (bicyclic) bond motifs is 1. The Bertz CT molecular complexity index is 616. The van der Waals surface area contributed by atoms with Crippen LogP contribution in [0.3, 0.4) is 0 Å². The SMILES string of the molecule is CC(C)c1cc2c(NC3CCC(C)C(C)C3)nccn2n1. The molecule has 21 heavy (non-hydrogen) atoms. The van der Waals surface area contributed by atoms with Crippen molar-refractivity contribution in [2.75, 3.05) is 5.32 Å². The number of nitrogens with one attached hydrogen (secondary N) is 1. The van der Waals surface area contributed by atoms with Crippen LogP contribution < -0.4 is 5.32 Å². The van der Waals surface area contributed by atoms with E-state index >= 15 is 0 Å². The summed E-state index contributed by atoms with van der Waals surface area (Å²) >= 11 is 0. The molecule has 1 aliphatic carbocycles. The molecule has 0 saturated heterocycles. The first-order valence-corrected chi connectivity index (χ1v) is 8.15. The maximum atomic E-state index is 4.63. The average molecular weight is 286 g/mol. The van der Waals surface area contributed by atoms with Crippen molar-refractivity contribution in [3.63, 3.8) is 0 Å². The number of hydrogen-bond donors (Lipinski definition) is 1. The van der Waals surface area contributed by atoms with E-state index in [1.807, 2.05) is 16.9 Å². The molecule has 3 rings (SSSR count). The Hall–Kier alpha value is -1.58. The highest BCUT2D eigenvalue weighted by Gasteiger charge is 2.25. The van der Waals surface area contributed by atoms with E-state index in [1.54, 1.807) is 0 Å². The lowest BCUT2D eigenvalue weighted by Gasteiger charge is -2.32. The first kappa shape index (κ1) is 14.4. The number of anilines is 1. The maximum absolute atomic E-state index is 4.63. The van der Waals surface area contributed by atoms with Crippen LogP contribution in [0.1, 0.15) is 58.6 Å². The maximum Gasteiger partial charge on any atom is 0.152 e. The second-order valence-electron chi connectivity index (χ2n) is 6.94. The van der Waals surface area contributed by atoms with Crippen LogP contribution in [0, 0.1) is 11.8 Å². The highest BCUT2D eigenvalue weighted by molar-refractivity contribution is 5.68. The summed E-state index contributed by atoms with van der Waals surface area (Å²) in [5, 5.41) is 8.28. The van der Waals surface area contributed by atoms with Gasteiger partial charge in [-0.15, -0.1) is 0 Å². The molecule has 2 aromatic rings. The molecule has 0 aromatic carbocycles. The molecule has 114 valence electrons. The van der Waals surface area contributed by atoms with Crippen LogP contribution in [-0.2, 0) is 0 Å². The van der Waals surface area contributed by atoms with Crippen LogP contribution in [0.4, 0.5) is 5.82 Å². The molecular weight excluding hydrogens is 260 g/mol. The van der Waals surface area contributed by atoms with Gasteiger partial charge in [0.25, 0.3) is 0 Å². The van der Waals surface area contributed by atoms with Crippen LogP contribution in [0.15, 0.2) is 18.5 Å². The smallest absolute Gasteiger partial charge is 0.152 e. The fourth-order valence-electron chi connectivity index (χ4n) is 3.21. The predicted molar refractivity (Wildman–Crippen MR) is 86.7 cm³/mol. The van der Waals surface area contributed by atoms with Gasteiger partial charge in [0.2, 0.25) is 0 Å². The first-order valence-electron chi connectivity index (χ1n) is 8.15. The fraction of sp³-hybridized carbons (Fsp3) is 0.647. The Labute approximate surface area is 127 Å². The van der Waals surface area contributed by atoms with E-state index in [4.69, 9.17) is 0 Å². The molecule has 2 heterocycles. The van der Waals surface area contributed by atoms with E-state index in [2.05, 4.69) is 49.2 Å². The number of hydrogen-bond acceptors (Lipinski definition) is 3. The zero-order chi connectivity index (χ0) is 15.0. The first-order chi connectivity index (χ1) is 10.0. The Balaban J connectivity index is 1.83. The van der Waals surface area contributed by atoms with Crippen LogP contribution in [0.5, 0.6) is 0 Å². The van der Waals surface area contributed by atoms with Crippen molar-refractivity contribution in [1.82, 2.24) is 14.6 Å². The van der Waals surface area contributed by atoms with Crippen molar-refractivity contribution < 1.29 is 0 Å². The predicted octanol–water partition coefficient (Wildman–Crippen LogP) is 4.09. The summed E-state index contributed by atoms with van der Waals surface area (Å²) in [5.74, 6) is 3.04. The average Bonchev–Trinajstić information content (AvgIpc) is 2.88. The van der Waals surface area contributed by atoms with Gasteiger partial charge in [-0.05, 0) is 43.1 Å². The van der Waals surface area contributed by atoms with Crippen LogP contribution in [0.2, 0.25) is 0 Å². The molecule has 0 amide bonds. The summed E-state index contributed by atoms with van der Waals surface area (Å²) < 4.78 is 1.94. The molecule has 0 bridgehead atoms. The van der Waals surface area contributed by atoms with Crippen LogP contribution >= 0.6 is 0 Å². The van der Waals surface area contributed by atoms with Crippen LogP contribution in [-0.4, -0.2) is 20.6 Å². The summed E-state index contributed by atoms with van der Waals surface area (Å²) in [7, 11) is 0. The molecule has 2 aromatic heterocycles. The Morgan fingerprint density at radius 2 is 2.05 bits per heavy atom. The van der Waals surface area contributed by atoms with Crippen molar-refractivity contribution in [2.24, 2.45) is 11.8 Å². The van der Waals surface area contributed by atoms with E-state index in [9.17, 15) is 0 Å². The Morgan fingerprint density at radius 3 is 2.76 bits per heavy atom. The van der Waals surface area contributed by atoms with E-state index in [1.165, 1.54) is 19.3 Å².